The van der Waals surface area contributed by atoms with E-state index in [1.165, 1.54) is 12.0 Å². The summed E-state index contributed by atoms with van der Waals surface area (Å²) in [5.41, 5.74) is 2.98. The standard InChI is InChI=1S/C13H15N3O/c14-6-1-2-7-15-8-5-11-3-4-12-13(9-11)17-10-16-12/h3-4,9-10,15H,1-2,5,7-8H2. The number of hydrogen-bond acceptors (Lipinski definition) is 4. The van der Waals surface area contributed by atoms with Crippen LogP contribution in [0.2, 0.25) is 0 Å². The van der Waals surface area contributed by atoms with Crippen molar-refractivity contribution in [1.29, 1.82) is 5.26 Å². The number of rotatable bonds is 6. The number of oxazole rings is 1. The summed E-state index contributed by atoms with van der Waals surface area (Å²) >= 11 is 0. The number of nitrogens with zero attached hydrogens (tertiary/aromatic N) is 2. The lowest BCUT2D eigenvalue weighted by Gasteiger charge is -2.03. The molecule has 0 saturated carbocycles. The zero-order chi connectivity index (χ0) is 11.9. The van der Waals surface area contributed by atoms with Crippen LogP contribution in [-0.2, 0) is 6.42 Å². The van der Waals surface area contributed by atoms with Crippen LogP contribution in [0.25, 0.3) is 11.1 Å². The van der Waals surface area contributed by atoms with Gasteiger partial charge in [0, 0.05) is 6.42 Å². The molecular formula is C13H15N3O. The Hall–Kier alpha value is -1.86. The van der Waals surface area contributed by atoms with E-state index in [4.69, 9.17) is 9.68 Å². The van der Waals surface area contributed by atoms with Crippen LogP contribution in [0.3, 0.4) is 0 Å². The van der Waals surface area contributed by atoms with Crippen molar-refractivity contribution in [3.05, 3.63) is 30.2 Å². The van der Waals surface area contributed by atoms with Crippen molar-refractivity contribution in [1.82, 2.24) is 10.3 Å². The molecule has 0 radical (unpaired) electrons. The fourth-order valence-corrected chi connectivity index (χ4v) is 1.71. The molecule has 0 aliphatic carbocycles. The first-order chi connectivity index (χ1) is 8.40. The number of aromatic nitrogens is 1. The molecule has 0 unspecified atom stereocenters. The molecule has 0 atom stereocenters. The Morgan fingerprint density at radius 3 is 3.18 bits per heavy atom. The molecule has 4 nitrogen and oxygen atoms in total. The number of hydrogen-bond donors (Lipinski definition) is 1. The predicted octanol–water partition coefficient (Wildman–Crippen LogP) is 2.26. The molecule has 1 N–H and O–H groups in total. The summed E-state index contributed by atoms with van der Waals surface area (Å²) in [5, 5.41) is 11.7. The first-order valence-corrected chi connectivity index (χ1v) is 5.80. The molecule has 0 amide bonds. The Kier molecular flexibility index (Phi) is 4.11. The van der Waals surface area contributed by atoms with Gasteiger partial charge in [-0.3, -0.25) is 0 Å². The van der Waals surface area contributed by atoms with Crippen LogP contribution in [-0.4, -0.2) is 18.1 Å². The Morgan fingerprint density at radius 2 is 2.29 bits per heavy atom. The average molecular weight is 229 g/mol. The summed E-state index contributed by atoms with van der Waals surface area (Å²) in [6, 6.07) is 8.21. The van der Waals surface area contributed by atoms with Gasteiger partial charge >= 0.3 is 0 Å². The Labute approximate surface area is 100 Å². The van der Waals surface area contributed by atoms with Crippen molar-refractivity contribution < 1.29 is 4.42 Å². The van der Waals surface area contributed by atoms with Gasteiger partial charge in [0.15, 0.2) is 12.0 Å². The van der Waals surface area contributed by atoms with E-state index >= 15 is 0 Å². The summed E-state index contributed by atoms with van der Waals surface area (Å²) in [7, 11) is 0. The maximum atomic E-state index is 8.39. The van der Waals surface area contributed by atoms with Crippen LogP contribution in [0.15, 0.2) is 29.0 Å². The first kappa shape index (κ1) is 11.6. The lowest BCUT2D eigenvalue weighted by atomic mass is 10.1. The highest BCUT2D eigenvalue weighted by Crippen LogP contribution is 2.14. The SMILES string of the molecule is N#CCCCNCCc1ccc2ncoc2c1. The number of unbranched alkanes of at least 4 members (excludes halogenated alkanes) is 1. The van der Waals surface area contributed by atoms with Crippen molar-refractivity contribution in [3.63, 3.8) is 0 Å². The Morgan fingerprint density at radius 1 is 1.35 bits per heavy atom. The molecule has 88 valence electrons. The van der Waals surface area contributed by atoms with E-state index in [9.17, 15) is 0 Å². The zero-order valence-electron chi connectivity index (χ0n) is 9.65. The van der Waals surface area contributed by atoms with Crippen LogP contribution in [0.1, 0.15) is 18.4 Å². The molecule has 0 bridgehead atoms. The van der Waals surface area contributed by atoms with Gasteiger partial charge in [-0.2, -0.15) is 5.26 Å². The summed E-state index contributed by atoms with van der Waals surface area (Å²) in [4.78, 5) is 4.08. The molecule has 1 aromatic heterocycles. The second kappa shape index (κ2) is 6.02. The van der Waals surface area contributed by atoms with E-state index in [1.54, 1.807) is 0 Å². The van der Waals surface area contributed by atoms with Crippen LogP contribution >= 0.6 is 0 Å². The molecule has 0 spiro atoms. The van der Waals surface area contributed by atoms with Gasteiger partial charge in [0.05, 0.1) is 6.07 Å². The van der Waals surface area contributed by atoms with Gasteiger partial charge in [-0.15, -0.1) is 0 Å². The van der Waals surface area contributed by atoms with Gasteiger partial charge in [-0.1, -0.05) is 6.07 Å². The summed E-state index contributed by atoms with van der Waals surface area (Å²) < 4.78 is 5.25. The Balaban J connectivity index is 1.77. The van der Waals surface area contributed by atoms with Crippen LogP contribution in [0.4, 0.5) is 0 Å². The fraction of sp³-hybridized carbons (Fsp3) is 0.385. The van der Waals surface area contributed by atoms with Crippen molar-refractivity contribution in [2.75, 3.05) is 13.1 Å². The van der Waals surface area contributed by atoms with Crippen molar-refractivity contribution in [3.8, 4) is 6.07 Å². The number of benzene rings is 1. The molecule has 1 aromatic carbocycles. The molecule has 0 saturated heterocycles. The topological polar surface area (TPSA) is 61.9 Å². The van der Waals surface area contributed by atoms with E-state index in [-0.39, 0.29) is 0 Å². The normalized spacial score (nSPS) is 10.5. The molecule has 2 aromatic rings. The maximum Gasteiger partial charge on any atom is 0.181 e. The average Bonchev–Trinajstić information content (AvgIpc) is 2.81. The minimum absolute atomic E-state index is 0.622. The first-order valence-electron chi connectivity index (χ1n) is 5.80. The van der Waals surface area contributed by atoms with Crippen molar-refractivity contribution in [2.24, 2.45) is 0 Å². The van der Waals surface area contributed by atoms with E-state index < -0.39 is 0 Å². The highest BCUT2D eigenvalue weighted by molar-refractivity contribution is 5.72. The third-order valence-corrected chi connectivity index (χ3v) is 2.63. The molecular weight excluding hydrogens is 214 g/mol. The van der Waals surface area contributed by atoms with Gasteiger partial charge in [0.25, 0.3) is 0 Å². The minimum atomic E-state index is 0.622. The third kappa shape index (κ3) is 3.30. The molecule has 4 heteroatoms. The summed E-state index contributed by atoms with van der Waals surface area (Å²) in [6.07, 6.45) is 3.96. The van der Waals surface area contributed by atoms with E-state index in [2.05, 4.69) is 22.4 Å². The van der Waals surface area contributed by atoms with E-state index in [0.717, 1.165) is 37.0 Å². The van der Waals surface area contributed by atoms with Gasteiger partial charge in [0.2, 0.25) is 0 Å². The number of nitriles is 1. The summed E-state index contributed by atoms with van der Waals surface area (Å²) in [5.74, 6) is 0. The van der Waals surface area contributed by atoms with E-state index in [1.807, 2.05) is 12.1 Å². The van der Waals surface area contributed by atoms with Gasteiger partial charge < -0.3 is 9.73 Å². The van der Waals surface area contributed by atoms with E-state index in [0.29, 0.717) is 6.42 Å². The molecule has 0 aliphatic rings. The molecule has 2 rings (SSSR count). The van der Waals surface area contributed by atoms with Crippen LogP contribution in [0, 0.1) is 11.3 Å². The quantitative estimate of drug-likeness (QED) is 0.772. The highest BCUT2D eigenvalue weighted by atomic mass is 16.3. The van der Waals surface area contributed by atoms with Crippen LogP contribution < -0.4 is 5.32 Å². The second-order valence-electron chi connectivity index (χ2n) is 3.92. The van der Waals surface area contributed by atoms with Crippen molar-refractivity contribution >= 4 is 11.1 Å². The smallest absolute Gasteiger partial charge is 0.181 e. The van der Waals surface area contributed by atoms with Crippen LogP contribution in [0.5, 0.6) is 0 Å². The van der Waals surface area contributed by atoms with Gasteiger partial charge in [-0.05, 0) is 43.6 Å². The predicted molar refractivity (Wildman–Crippen MR) is 65.4 cm³/mol. The van der Waals surface area contributed by atoms with Crippen molar-refractivity contribution in [2.45, 2.75) is 19.3 Å². The second-order valence-corrected chi connectivity index (χ2v) is 3.92. The highest BCUT2D eigenvalue weighted by Gasteiger charge is 1.99. The maximum absolute atomic E-state index is 8.39. The number of fused-ring (bicyclic) bond motifs is 1. The lowest BCUT2D eigenvalue weighted by Crippen LogP contribution is -2.18. The number of nitrogens with one attached hydrogen (secondary N) is 1. The lowest BCUT2D eigenvalue weighted by molar-refractivity contribution is 0.601. The summed E-state index contributed by atoms with van der Waals surface area (Å²) in [6.45, 7) is 1.82. The third-order valence-electron chi connectivity index (χ3n) is 2.63. The molecule has 1 heterocycles. The molecule has 0 fully saturated rings. The Bertz CT molecular complexity index is 513. The van der Waals surface area contributed by atoms with Gasteiger partial charge in [0.1, 0.15) is 5.52 Å². The largest absolute Gasteiger partial charge is 0.443 e. The fourth-order valence-electron chi connectivity index (χ4n) is 1.71. The minimum Gasteiger partial charge on any atom is -0.443 e. The monoisotopic (exact) mass is 229 g/mol. The van der Waals surface area contributed by atoms with Gasteiger partial charge in [-0.25, -0.2) is 4.98 Å². The molecule has 17 heavy (non-hydrogen) atoms. The molecule has 0 aliphatic heterocycles. The zero-order valence-corrected chi connectivity index (χ0v) is 9.65.